The Labute approximate surface area is 150 Å². The summed E-state index contributed by atoms with van der Waals surface area (Å²) in [6.45, 7) is 20.0. The van der Waals surface area contributed by atoms with Crippen molar-refractivity contribution < 1.29 is 4.79 Å². The third kappa shape index (κ3) is 6.72. The molecular weight excluding hydrogens is 298 g/mol. The van der Waals surface area contributed by atoms with Gasteiger partial charge in [-0.25, -0.2) is 0 Å². The lowest BCUT2D eigenvalue weighted by atomic mass is 9.79. The second-order valence-corrected chi connectivity index (χ2v) is 9.43. The molecule has 24 heavy (non-hydrogen) atoms. The average Bonchev–Trinajstić information content (AvgIpc) is 2.38. The number of rotatable bonds is 9. The number of nitrogens with one attached hydrogen (secondary N) is 1. The first-order valence-electron chi connectivity index (χ1n) is 9.73. The van der Waals surface area contributed by atoms with Gasteiger partial charge in [-0.05, 0) is 87.6 Å². The Kier molecular flexibility index (Phi) is 7.74. The van der Waals surface area contributed by atoms with E-state index in [1.54, 1.807) is 0 Å². The first-order chi connectivity index (χ1) is 11.0. The fourth-order valence-electron chi connectivity index (χ4n) is 4.53. The largest absolute Gasteiger partial charge is 0.342 e. The molecule has 1 saturated heterocycles. The van der Waals surface area contributed by atoms with Gasteiger partial charge in [0.25, 0.3) is 0 Å². The molecule has 0 saturated carbocycles. The van der Waals surface area contributed by atoms with E-state index in [4.69, 9.17) is 0 Å². The molecule has 1 amide bonds. The zero-order chi connectivity index (χ0) is 18.5. The van der Waals surface area contributed by atoms with E-state index in [1.165, 1.54) is 0 Å². The summed E-state index contributed by atoms with van der Waals surface area (Å²) in [5.41, 5.74) is 0.166. The Morgan fingerprint density at radius 1 is 0.958 bits per heavy atom. The highest BCUT2D eigenvalue weighted by Crippen LogP contribution is 2.31. The van der Waals surface area contributed by atoms with Gasteiger partial charge in [-0.1, -0.05) is 0 Å². The van der Waals surface area contributed by atoms with E-state index in [0.717, 1.165) is 45.2 Å². The number of hydrogen-bond acceptors (Lipinski definition) is 3. The first kappa shape index (κ1) is 21.4. The summed E-state index contributed by atoms with van der Waals surface area (Å²) in [6.07, 6.45) is 5.36. The summed E-state index contributed by atoms with van der Waals surface area (Å²) in [6, 6.07) is 1.51. The molecule has 0 aromatic rings. The molecule has 1 aliphatic heterocycles. The minimum atomic E-state index is 0.0831. The fraction of sp³-hybridized carbons (Fsp3) is 0.950. The van der Waals surface area contributed by atoms with E-state index in [2.05, 4.69) is 70.5 Å². The molecule has 4 nitrogen and oxygen atoms in total. The second kappa shape index (κ2) is 8.66. The summed E-state index contributed by atoms with van der Waals surface area (Å²) >= 11 is 0. The number of unbranched alkanes of at least 4 members (excludes halogenated alkanes) is 1. The lowest BCUT2D eigenvalue weighted by Crippen LogP contribution is -2.62. The van der Waals surface area contributed by atoms with Crippen LogP contribution in [0.3, 0.4) is 0 Å². The summed E-state index contributed by atoms with van der Waals surface area (Å²) in [7, 11) is 0. The fourth-order valence-corrected chi connectivity index (χ4v) is 4.53. The minimum absolute atomic E-state index is 0.0831. The van der Waals surface area contributed by atoms with Crippen molar-refractivity contribution in [2.45, 2.75) is 110 Å². The summed E-state index contributed by atoms with van der Waals surface area (Å²) in [5.74, 6) is 0. The van der Waals surface area contributed by atoms with Gasteiger partial charge < -0.3 is 10.2 Å². The van der Waals surface area contributed by atoms with Gasteiger partial charge in [0.2, 0.25) is 6.41 Å². The van der Waals surface area contributed by atoms with E-state index in [1.807, 2.05) is 0 Å². The number of carbonyl (C=O) groups is 1. The molecule has 1 rings (SSSR count). The van der Waals surface area contributed by atoms with Crippen LogP contribution in [0, 0.1) is 0 Å². The molecule has 0 aromatic heterocycles. The van der Waals surface area contributed by atoms with Crippen molar-refractivity contribution in [3.05, 3.63) is 0 Å². The van der Waals surface area contributed by atoms with Crippen molar-refractivity contribution in [1.29, 1.82) is 0 Å². The van der Waals surface area contributed by atoms with Crippen LogP contribution >= 0.6 is 0 Å². The van der Waals surface area contributed by atoms with E-state index in [0.29, 0.717) is 18.1 Å². The monoisotopic (exact) mass is 339 g/mol. The SMILES string of the molecule is CC(C)N(CCCCN(C=O)C1CC(C)(C)NC(C)(C)C1)C(C)C. The lowest BCUT2D eigenvalue weighted by Gasteiger charge is -2.49. The molecule has 142 valence electrons. The molecule has 0 unspecified atom stereocenters. The molecule has 1 aliphatic rings. The Hall–Kier alpha value is -0.610. The third-order valence-corrected chi connectivity index (χ3v) is 5.18. The van der Waals surface area contributed by atoms with Crippen LogP contribution in [0.5, 0.6) is 0 Å². The van der Waals surface area contributed by atoms with Crippen molar-refractivity contribution in [2.24, 2.45) is 0 Å². The van der Waals surface area contributed by atoms with Gasteiger partial charge in [0, 0.05) is 35.7 Å². The van der Waals surface area contributed by atoms with Crippen LogP contribution in [0.15, 0.2) is 0 Å². The molecule has 0 aromatic carbocycles. The van der Waals surface area contributed by atoms with Gasteiger partial charge >= 0.3 is 0 Å². The molecule has 0 bridgehead atoms. The maximum atomic E-state index is 11.7. The predicted molar refractivity (Wildman–Crippen MR) is 103 cm³/mol. The van der Waals surface area contributed by atoms with Gasteiger partial charge in [0.15, 0.2) is 0 Å². The third-order valence-electron chi connectivity index (χ3n) is 5.18. The molecule has 1 N–H and O–H groups in total. The molecule has 0 radical (unpaired) electrons. The van der Waals surface area contributed by atoms with Crippen LogP contribution in [0.2, 0.25) is 0 Å². The summed E-state index contributed by atoms with van der Waals surface area (Å²) in [5, 5.41) is 3.70. The Morgan fingerprint density at radius 3 is 1.83 bits per heavy atom. The smallest absolute Gasteiger partial charge is 0.209 e. The molecule has 0 spiro atoms. The second-order valence-electron chi connectivity index (χ2n) is 9.43. The van der Waals surface area contributed by atoms with Gasteiger partial charge in [-0.15, -0.1) is 0 Å². The number of amides is 1. The van der Waals surface area contributed by atoms with E-state index in [9.17, 15) is 4.79 Å². The predicted octanol–water partition coefficient (Wildman–Crippen LogP) is 3.65. The van der Waals surface area contributed by atoms with E-state index >= 15 is 0 Å². The molecule has 0 aliphatic carbocycles. The van der Waals surface area contributed by atoms with Crippen LogP contribution < -0.4 is 5.32 Å². The maximum absolute atomic E-state index is 11.7. The number of piperidine rings is 1. The van der Waals surface area contributed by atoms with Crippen molar-refractivity contribution in [3.8, 4) is 0 Å². The highest BCUT2D eigenvalue weighted by molar-refractivity contribution is 5.48. The summed E-state index contributed by atoms with van der Waals surface area (Å²) in [4.78, 5) is 16.3. The van der Waals surface area contributed by atoms with Crippen molar-refractivity contribution in [2.75, 3.05) is 13.1 Å². The van der Waals surface area contributed by atoms with Gasteiger partial charge in [-0.2, -0.15) is 0 Å². The van der Waals surface area contributed by atoms with Crippen LogP contribution in [0.1, 0.15) is 81.1 Å². The number of hydrogen-bond donors (Lipinski definition) is 1. The first-order valence-corrected chi connectivity index (χ1v) is 9.73. The van der Waals surface area contributed by atoms with E-state index < -0.39 is 0 Å². The molecular formula is C20H41N3O. The standard InChI is InChI=1S/C20H41N3O/c1-16(2)23(17(3)4)12-10-9-11-22(15-24)18-13-19(5,6)21-20(7,8)14-18/h15-18,21H,9-14H2,1-8H3. The minimum Gasteiger partial charge on any atom is -0.342 e. The van der Waals surface area contributed by atoms with Crippen molar-refractivity contribution in [3.63, 3.8) is 0 Å². The quantitative estimate of drug-likeness (QED) is 0.514. The lowest BCUT2D eigenvalue weighted by molar-refractivity contribution is -0.122. The zero-order valence-electron chi connectivity index (χ0n) is 17.4. The Bertz CT molecular complexity index is 366. The Morgan fingerprint density at radius 2 is 1.42 bits per heavy atom. The van der Waals surface area contributed by atoms with Crippen LogP contribution in [-0.2, 0) is 4.79 Å². The summed E-state index contributed by atoms with van der Waals surface area (Å²) < 4.78 is 0. The van der Waals surface area contributed by atoms with Gasteiger partial charge in [0.1, 0.15) is 0 Å². The topological polar surface area (TPSA) is 35.6 Å². The molecule has 1 heterocycles. The zero-order valence-corrected chi connectivity index (χ0v) is 17.4. The highest BCUT2D eigenvalue weighted by Gasteiger charge is 2.39. The van der Waals surface area contributed by atoms with Crippen LogP contribution in [0.4, 0.5) is 0 Å². The average molecular weight is 340 g/mol. The van der Waals surface area contributed by atoms with Gasteiger partial charge in [0.05, 0.1) is 0 Å². The normalized spacial score (nSPS) is 20.8. The Balaban J connectivity index is 2.51. The molecule has 4 heteroatoms. The van der Waals surface area contributed by atoms with Gasteiger partial charge in [-0.3, -0.25) is 9.69 Å². The number of nitrogens with zero attached hydrogens (tertiary/aromatic N) is 2. The maximum Gasteiger partial charge on any atom is 0.209 e. The van der Waals surface area contributed by atoms with E-state index in [-0.39, 0.29) is 11.1 Å². The van der Waals surface area contributed by atoms with Crippen molar-refractivity contribution >= 4 is 6.41 Å². The number of carbonyl (C=O) groups excluding carboxylic acids is 1. The van der Waals surface area contributed by atoms with Crippen molar-refractivity contribution in [1.82, 2.24) is 15.1 Å². The molecule has 1 fully saturated rings. The van der Waals surface area contributed by atoms with Crippen LogP contribution in [0.25, 0.3) is 0 Å². The highest BCUT2D eigenvalue weighted by atomic mass is 16.1. The van der Waals surface area contributed by atoms with Crippen LogP contribution in [-0.4, -0.2) is 58.5 Å². The molecule has 0 atom stereocenters.